The lowest BCUT2D eigenvalue weighted by Gasteiger charge is -2.24. The summed E-state index contributed by atoms with van der Waals surface area (Å²) in [6, 6.07) is 5.21. The SMILES string of the molecule is CN1CCON=C1c1ccc(C2CC=C(N3CC(COc4ccon4)OC3=O)C=C2F)cn1. The number of cyclic esters (lactones) is 1. The Morgan fingerprint density at radius 2 is 2.21 bits per heavy atom. The quantitative estimate of drug-likeness (QED) is 0.655. The number of amides is 1. The lowest BCUT2D eigenvalue weighted by atomic mass is 9.91. The third-order valence-corrected chi connectivity index (χ3v) is 5.65. The zero-order valence-electron chi connectivity index (χ0n) is 17.9. The molecule has 0 bridgehead atoms. The van der Waals surface area contributed by atoms with Crippen molar-refractivity contribution in [2.75, 3.05) is 33.4 Å². The number of pyridine rings is 1. The Morgan fingerprint density at radius 3 is 2.94 bits per heavy atom. The van der Waals surface area contributed by atoms with Crippen LogP contribution in [0.3, 0.4) is 0 Å². The summed E-state index contributed by atoms with van der Waals surface area (Å²) < 4.78 is 30.5. The lowest BCUT2D eigenvalue weighted by molar-refractivity contribution is 0.100. The van der Waals surface area contributed by atoms with Crippen molar-refractivity contribution in [2.45, 2.75) is 18.4 Å². The van der Waals surface area contributed by atoms with E-state index in [1.807, 2.05) is 30.2 Å². The number of carbonyl (C=O) groups is 1. The van der Waals surface area contributed by atoms with E-state index in [0.717, 1.165) is 12.1 Å². The molecule has 1 fully saturated rings. The van der Waals surface area contributed by atoms with Crippen molar-refractivity contribution in [1.29, 1.82) is 0 Å². The van der Waals surface area contributed by atoms with Crippen LogP contribution in [0.5, 0.6) is 5.88 Å². The van der Waals surface area contributed by atoms with E-state index in [1.165, 1.54) is 17.2 Å². The minimum atomic E-state index is -0.539. The van der Waals surface area contributed by atoms with E-state index in [4.69, 9.17) is 18.8 Å². The molecule has 0 radical (unpaired) electrons. The van der Waals surface area contributed by atoms with Gasteiger partial charge in [-0.3, -0.25) is 9.88 Å². The van der Waals surface area contributed by atoms with Gasteiger partial charge in [0, 0.05) is 30.9 Å². The summed E-state index contributed by atoms with van der Waals surface area (Å²) in [6.07, 6.45) is 5.60. The largest absolute Gasteiger partial charge is 0.471 e. The van der Waals surface area contributed by atoms with Crippen molar-refractivity contribution in [2.24, 2.45) is 5.16 Å². The van der Waals surface area contributed by atoms with Gasteiger partial charge in [0.05, 0.1) is 13.1 Å². The van der Waals surface area contributed by atoms with Crippen LogP contribution in [0, 0.1) is 0 Å². The monoisotopic (exact) mass is 455 g/mol. The first-order valence-electron chi connectivity index (χ1n) is 10.5. The average molecular weight is 455 g/mol. The van der Waals surface area contributed by atoms with E-state index >= 15 is 4.39 Å². The molecule has 0 N–H and O–H groups in total. The molecule has 2 aromatic rings. The van der Waals surface area contributed by atoms with Crippen molar-refractivity contribution in [1.82, 2.24) is 19.9 Å². The second-order valence-corrected chi connectivity index (χ2v) is 7.86. The Bertz CT molecular complexity index is 1100. The van der Waals surface area contributed by atoms with E-state index in [0.29, 0.717) is 36.1 Å². The molecule has 4 heterocycles. The molecule has 5 rings (SSSR count). The fraction of sp³-hybridized carbons (Fsp3) is 0.364. The number of oxime groups is 1. The normalized spacial score (nSPS) is 22.8. The van der Waals surface area contributed by atoms with Crippen LogP contribution >= 0.6 is 0 Å². The molecule has 3 aliphatic rings. The molecule has 2 aliphatic heterocycles. The van der Waals surface area contributed by atoms with Gasteiger partial charge in [0.15, 0.2) is 11.9 Å². The number of ether oxygens (including phenoxy) is 2. The molecule has 11 heteroatoms. The predicted octanol–water partition coefficient (Wildman–Crippen LogP) is 2.82. The molecule has 1 amide bonds. The van der Waals surface area contributed by atoms with Gasteiger partial charge in [0.2, 0.25) is 0 Å². The van der Waals surface area contributed by atoms with Crippen molar-refractivity contribution >= 4 is 11.9 Å². The summed E-state index contributed by atoms with van der Waals surface area (Å²) in [6.45, 7) is 1.64. The average Bonchev–Trinajstić information content (AvgIpc) is 3.48. The Hall–Kier alpha value is -3.89. The second kappa shape index (κ2) is 8.93. The summed E-state index contributed by atoms with van der Waals surface area (Å²) in [7, 11) is 1.92. The van der Waals surface area contributed by atoms with Crippen LogP contribution in [-0.2, 0) is 9.57 Å². The Kier molecular flexibility index (Phi) is 5.68. The van der Waals surface area contributed by atoms with Crippen LogP contribution in [0.15, 0.2) is 64.0 Å². The zero-order valence-corrected chi connectivity index (χ0v) is 17.9. The number of likely N-dealkylation sites (N-methyl/N-ethyl adjacent to an activating group) is 1. The number of amidine groups is 1. The van der Waals surface area contributed by atoms with Crippen LogP contribution in [0.4, 0.5) is 9.18 Å². The van der Waals surface area contributed by atoms with E-state index in [9.17, 15) is 4.79 Å². The molecular formula is C22H22FN5O5. The number of allylic oxidation sites excluding steroid dienone is 3. The van der Waals surface area contributed by atoms with Crippen LogP contribution < -0.4 is 4.74 Å². The predicted molar refractivity (Wildman–Crippen MR) is 113 cm³/mol. The summed E-state index contributed by atoms with van der Waals surface area (Å²) in [5.74, 6) is 0.142. The van der Waals surface area contributed by atoms with Gasteiger partial charge >= 0.3 is 6.09 Å². The molecule has 172 valence electrons. The Morgan fingerprint density at radius 1 is 1.30 bits per heavy atom. The zero-order chi connectivity index (χ0) is 22.8. The number of hydrogen-bond acceptors (Lipinski definition) is 9. The minimum absolute atomic E-state index is 0.125. The van der Waals surface area contributed by atoms with E-state index in [-0.39, 0.29) is 19.0 Å². The van der Waals surface area contributed by atoms with Gasteiger partial charge in [-0.25, -0.2) is 9.18 Å². The standard InChI is InChI=1S/C22H22FN5O5/c1-27-7-9-32-26-21(27)19-5-2-14(11-24-19)17-4-3-15(10-18(17)23)28-12-16(33-22(28)29)13-30-20-6-8-31-25-20/h2-3,5-6,8,10-11,16-17H,4,7,9,12-13H2,1H3. The lowest BCUT2D eigenvalue weighted by Crippen LogP contribution is -2.35. The number of hydrogen-bond donors (Lipinski definition) is 0. The van der Waals surface area contributed by atoms with E-state index in [1.54, 1.807) is 12.3 Å². The number of halogens is 1. The van der Waals surface area contributed by atoms with Gasteiger partial charge in [-0.15, -0.1) is 0 Å². The minimum Gasteiger partial charge on any atom is -0.471 e. The summed E-state index contributed by atoms with van der Waals surface area (Å²) in [5, 5.41) is 7.70. The van der Waals surface area contributed by atoms with Crippen molar-refractivity contribution in [3.05, 3.63) is 65.6 Å². The van der Waals surface area contributed by atoms with E-state index < -0.39 is 18.1 Å². The first-order chi connectivity index (χ1) is 16.1. The van der Waals surface area contributed by atoms with Gasteiger partial charge in [-0.05, 0) is 29.3 Å². The highest BCUT2D eigenvalue weighted by Crippen LogP contribution is 2.35. The molecule has 0 saturated carbocycles. The van der Waals surface area contributed by atoms with Crippen molar-refractivity contribution < 1.29 is 28.0 Å². The molecule has 0 aromatic carbocycles. The fourth-order valence-electron chi connectivity index (χ4n) is 3.85. The van der Waals surface area contributed by atoms with Crippen LogP contribution in [0.1, 0.15) is 23.6 Å². The molecule has 2 aromatic heterocycles. The highest BCUT2D eigenvalue weighted by atomic mass is 19.1. The van der Waals surface area contributed by atoms with Gasteiger partial charge < -0.3 is 23.7 Å². The van der Waals surface area contributed by atoms with Crippen molar-refractivity contribution in [3.63, 3.8) is 0 Å². The highest BCUT2D eigenvalue weighted by molar-refractivity contribution is 5.96. The van der Waals surface area contributed by atoms with Crippen LogP contribution in [0.25, 0.3) is 0 Å². The fourth-order valence-corrected chi connectivity index (χ4v) is 3.85. The summed E-state index contributed by atoms with van der Waals surface area (Å²) >= 11 is 0. The second-order valence-electron chi connectivity index (χ2n) is 7.86. The number of aromatic nitrogens is 2. The molecule has 1 saturated heterocycles. The van der Waals surface area contributed by atoms with E-state index in [2.05, 4.69) is 15.3 Å². The highest BCUT2D eigenvalue weighted by Gasteiger charge is 2.35. The Labute approximate surface area is 188 Å². The van der Waals surface area contributed by atoms with Crippen LogP contribution in [0.2, 0.25) is 0 Å². The van der Waals surface area contributed by atoms with Crippen molar-refractivity contribution in [3.8, 4) is 5.88 Å². The summed E-state index contributed by atoms with van der Waals surface area (Å²) in [4.78, 5) is 25.3. The maximum atomic E-state index is 15.0. The third-order valence-electron chi connectivity index (χ3n) is 5.65. The van der Waals surface area contributed by atoms with Gasteiger partial charge in [-0.2, -0.15) is 0 Å². The molecule has 33 heavy (non-hydrogen) atoms. The maximum Gasteiger partial charge on any atom is 0.414 e. The molecular weight excluding hydrogens is 433 g/mol. The first-order valence-corrected chi connectivity index (χ1v) is 10.5. The van der Waals surface area contributed by atoms with Crippen LogP contribution in [-0.4, -0.2) is 71.3 Å². The molecule has 2 atom stereocenters. The topological polar surface area (TPSA) is 103 Å². The smallest absolute Gasteiger partial charge is 0.414 e. The summed E-state index contributed by atoms with van der Waals surface area (Å²) in [5.41, 5.74) is 1.87. The van der Waals surface area contributed by atoms with Gasteiger partial charge in [-0.1, -0.05) is 17.3 Å². The van der Waals surface area contributed by atoms with Gasteiger partial charge in [0.25, 0.3) is 5.88 Å². The molecule has 1 aliphatic carbocycles. The third kappa shape index (κ3) is 4.38. The number of carbonyl (C=O) groups excluding carboxylic acids is 1. The Balaban J connectivity index is 1.22. The molecule has 2 unspecified atom stereocenters. The molecule has 0 spiro atoms. The molecule has 10 nitrogen and oxygen atoms in total. The van der Waals surface area contributed by atoms with Gasteiger partial charge in [0.1, 0.15) is 31.0 Å². The maximum absolute atomic E-state index is 15.0. The number of nitrogens with zero attached hydrogens (tertiary/aromatic N) is 5. The first kappa shape index (κ1) is 21.0. The number of rotatable bonds is 6.